The van der Waals surface area contributed by atoms with Crippen LogP contribution in [0.5, 0.6) is 0 Å². The second-order valence-electron chi connectivity index (χ2n) is 7.38. The zero-order valence-electron chi connectivity index (χ0n) is 16.6. The number of alkyl halides is 1. The molecule has 0 saturated carbocycles. The van der Waals surface area contributed by atoms with Gasteiger partial charge in [0, 0.05) is 48.1 Å². The molecular formula is C24H22ClN3O2. The molecule has 1 atom stereocenters. The summed E-state index contributed by atoms with van der Waals surface area (Å²) in [6, 6.07) is 17.1. The van der Waals surface area contributed by atoms with E-state index in [1.165, 1.54) is 6.92 Å². The maximum absolute atomic E-state index is 13.0. The molecule has 1 heterocycles. The van der Waals surface area contributed by atoms with Crippen LogP contribution in [0.25, 0.3) is 16.8 Å². The number of nitrogens with two attached hydrogens (primary N) is 1. The van der Waals surface area contributed by atoms with Gasteiger partial charge in [-0.1, -0.05) is 36.4 Å². The number of benzene rings is 3. The van der Waals surface area contributed by atoms with Crippen molar-refractivity contribution in [3.63, 3.8) is 0 Å². The van der Waals surface area contributed by atoms with E-state index in [-0.39, 0.29) is 17.7 Å². The van der Waals surface area contributed by atoms with Crippen LogP contribution in [0.2, 0.25) is 0 Å². The highest BCUT2D eigenvalue weighted by atomic mass is 35.5. The van der Waals surface area contributed by atoms with Gasteiger partial charge in [-0.25, -0.2) is 0 Å². The predicted octanol–water partition coefficient (Wildman–Crippen LogP) is 4.76. The van der Waals surface area contributed by atoms with Gasteiger partial charge in [-0.3, -0.25) is 9.59 Å². The normalized spacial score (nSPS) is 15.5. The zero-order valence-corrected chi connectivity index (χ0v) is 17.3. The second-order valence-corrected chi connectivity index (χ2v) is 7.69. The van der Waals surface area contributed by atoms with Gasteiger partial charge in [-0.05, 0) is 40.8 Å². The Morgan fingerprint density at radius 1 is 1.17 bits per heavy atom. The third kappa shape index (κ3) is 3.76. The molecule has 3 aromatic carbocycles. The fourth-order valence-corrected chi connectivity index (χ4v) is 4.20. The van der Waals surface area contributed by atoms with Gasteiger partial charge in [-0.2, -0.15) is 0 Å². The number of rotatable bonds is 4. The van der Waals surface area contributed by atoms with Gasteiger partial charge >= 0.3 is 0 Å². The van der Waals surface area contributed by atoms with E-state index in [9.17, 15) is 9.59 Å². The molecule has 4 rings (SSSR count). The molecule has 3 N–H and O–H groups in total. The molecule has 3 aromatic rings. The molecule has 0 saturated heterocycles. The SMILES string of the molecule is CC(=O)Nc1ccc(/C=C/C(=O)N2CC(CCl)c3c2cc(N)c2ccccc32)cc1. The van der Waals surface area contributed by atoms with Gasteiger partial charge in [0.15, 0.2) is 0 Å². The van der Waals surface area contributed by atoms with Crippen LogP contribution in [0.4, 0.5) is 17.1 Å². The van der Waals surface area contributed by atoms with Crippen molar-refractivity contribution < 1.29 is 9.59 Å². The molecule has 0 aliphatic carbocycles. The number of nitrogen functional groups attached to an aromatic ring is 1. The Hall–Kier alpha value is -3.31. The zero-order chi connectivity index (χ0) is 21.3. The monoisotopic (exact) mass is 419 g/mol. The van der Waals surface area contributed by atoms with Crippen molar-refractivity contribution in [3.8, 4) is 0 Å². The molecule has 0 radical (unpaired) electrons. The maximum Gasteiger partial charge on any atom is 0.251 e. The average molecular weight is 420 g/mol. The van der Waals surface area contributed by atoms with Crippen molar-refractivity contribution in [2.24, 2.45) is 0 Å². The first-order valence-corrected chi connectivity index (χ1v) is 10.3. The predicted molar refractivity (Wildman–Crippen MR) is 124 cm³/mol. The molecule has 0 bridgehead atoms. The summed E-state index contributed by atoms with van der Waals surface area (Å²) in [6.07, 6.45) is 3.32. The van der Waals surface area contributed by atoms with Crippen LogP contribution in [-0.4, -0.2) is 24.2 Å². The maximum atomic E-state index is 13.0. The number of hydrogen-bond donors (Lipinski definition) is 2. The van der Waals surface area contributed by atoms with Crippen molar-refractivity contribution >= 4 is 57.3 Å². The summed E-state index contributed by atoms with van der Waals surface area (Å²) in [5.41, 5.74) is 10.4. The smallest absolute Gasteiger partial charge is 0.251 e. The molecule has 5 nitrogen and oxygen atoms in total. The van der Waals surface area contributed by atoms with Crippen LogP contribution >= 0.6 is 11.6 Å². The lowest BCUT2D eigenvalue weighted by molar-refractivity contribution is -0.115. The Morgan fingerprint density at radius 2 is 1.87 bits per heavy atom. The van der Waals surface area contributed by atoms with Crippen LogP contribution in [0.1, 0.15) is 24.0 Å². The van der Waals surface area contributed by atoms with Gasteiger partial charge in [0.2, 0.25) is 5.91 Å². The molecule has 0 spiro atoms. The molecule has 1 aliphatic rings. The number of nitrogens with one attached hydrogen (secondary N) is 1. The first kappa shape index (κ1) is 20.0. The van der Waals surface area contributed by atoms with Crippen LogP contribution in [0.3, 0.4) is 0 Å². The van der Waals surface area contributed by atoms with Crippen molar-refractivity contribution in [1.29, 1.82) is 0 Å². The van der Waals surface area contributed by atoms with Crippen molar-refractivity contribution in [2.75, 3.05) is 28.4 Å². The van der Waals surface area contributed by atoms with E-state index in [2.05, 4.69) is 5.32 Å². The second kappa shape index (κ2) is 8.20. The lowest BCUT2D eigenvalue weighted by Crippen LogP contribution is -2.28. The molecule has 1 aliphatic heterocycles. The number of anilines is 3. The highest BCUT2D eigenvalue weighted by molar-refractivity contribution is 6.19. The first-order valence-electron chi connectivity index (χ1n) is 9.72. The van der Waals surface area contributed by atoms with Gasteiger partial charge < -0.3 is 16.0 Å². The number of fused-ring (bicyclic) bond motifs is 3. The van der Waals surface area contributed by atoms with Gasteiger partial charge in [-0.15, -0.1) is 11.6 Å². The van der Waals surface area contributed by atoms with Crippen molar-refractivity contribution in [3.05, 3.63) is 71.8 Å². The van der Waals surface area contributed by atoms with E-state index >= 15 is 0 Å². The van der Waals surface area contributed by atoms with Gasteiger partial charge in [0.25, 0.3) is 5.91 Å². The molecule has 0 aromatic heterocycles. The fraction of sp³-hybridized carbons (Fsp3) is 0.167. The lowest BCUT2D eigenvalue weighted by atomic mass is 9.95. The fourth-order valence-electron chi connectivity index (χ4n) is 3.95. The first-order chi connectivity index (χ1) is 14.5. The van der Waals surface area contributed by atoms with Crippen molar-refractivity contribution in [1.82, 2.24) is 0 Å². The Kier molecular flexibility index (Phi) is 5.46. The minimum atomic E-state index is -0.123. The molecule has 152 valence electrons. The van der Waals surface area contributed by atoms with E-state index in [0.29, 0.717) is 23.8 Å². The summed E-state index contributed by atoms with van der Waals surface area (Å²) < 4.78 is 0. The number of amides is 2. The Labute approximate surface area is 180 Å². The summed E-state index contributed by atoms with van der Waals surface area (Å²) in [6.45, 7) is 1.99. The third-order valence-corrected chi connectivity index (χ3v) is 5.67. The summed E-state index contributed by atoms with van der Waals surface area (Å²) in [7, 11) is 0. The van der Waals surface area contributed by atoms with E-state index in [4.69, 9.17) is 17.3 Å². The molecular weight excluding hydrogens is 398 g/mol. The quantitative estimate of drug-likeness (QED) is 0.363. The standard InChI is InChI=1S/C24H22ClN3O2/c1-15(29)27-18-9-6-16(7-10-18)8-11-23(30)28-14-17(13-25)24-20-5-3-2-4-19(20)21(26)12-22(24)28/h2-12,17H,13-14,26H2,1H3,(H,27,29)/b11-8+. The van der Waals surface area contributed by atoms with Crippen LogP contribution < -0.4 is 16.0 Å². The third-order valence-electron chi connectivity index (χ3n) is 5.30. The highest BCUT2D eigenvalue weighted by Crippen LogP contribution is 2.44. The van der Waals surface area contributed by atoms with Gasteiger partial charge in [0.1, 0.15) is 0 Å². The number of carbonyl (C=O) groups is 2. The van der Waals surface area contributed by atoms with Crippen LogP contribution in [0, 0.1) is 0 Å². The Balaban J connectivity index is 1.62. The minimum absolute atomic E-state index is 0.0569. The summed E-state index contributed by atoms with van der Waals surface area (Å²) >= 11 is 6.25. The summed E-state index contributed by atoms with van der Waals surface area (Å²) in [5, 5.41) is 4.75. The molecule has 6 heteroatoms. The van der Waals surface area contributed by atoms with Crippen LogP contribution in [-0.2, 0) is 9.59 Å². The lowest BCUT2D eigenvalue weighted by Gasteiger charge is -2.17. The highest BCUT2D eigenvalue weighted by Gasteiger charge is 2.33. The summed E-state index contributed by atoms with van der Waals surface area (Å²) in [4.78, 5) is 25.9. The summed E-state index contributed by atoms with van der Waals surface area (Å²) in [5.74, 6) is 0.242. The molecule has 2 amide bonds. The average Bonchev–Trinajstić information content (AvgIpc) is 3.11. The molecule has 30 heavy (non-hydrogen) atoms. The number of carbonyl (C=O) groups excluding carboxylic acids is 2. The van der Waals surface area contributed by atoms with Crippen LogP contribution in [0.15, 0.2) is 60.7 Å². The minimum Gasteiger partial charge on any atom is -0.398 e. The Morgan fingerprint density at radius 3 is 2.53 bits per heavy atom. The van der Waals surface area contributed by atoms with E-state index < -0.39 is 0 Å². The molecule has 0 fully saturated rings. The molecule has 1 unspecified atom stereocenters. The van der Waals surface area contributed by atoms with E-state index in [0.717, 1.165) is 27.6 Å². The number of halogens is 1. The van der Waals surface area contributed by atoms with Gasteiger partial charge in [0.05, 0.1) is 5.69 Å². The Bertz CT molecular complexity index is 1160. The van der Waals surface area contributed by atoms with Crippen molar-refractivity contribution in [2.45, 2.75) is 12.8 Å². The van der Waals surface area contributed by atoms with E-state index in [1.807, 2.05) is 42.5 Å². The number of nitrogens with zero attached hydrogens (tertiary/aromatic N) is 1. The largest absolute Gasteiger partial charge is 0.398 e. The topological polar surface area (TPSA) is 75.4 Å². The van der Waals surface area contributed by atoms with E-state index in [1.54, 1.807) is 29.2 Å². The number of hydrogen-bond acceptors (Lipinski definition) is 3.